The van der Waals surface area contributed by atoms with Gasteiger partial charge < -0.3 is 15.3 Å². The topological polar surface area (TPSA) is 87.5 Å². The van der Waals surface area contributed by atoms with Crippen molar-refractivity contribution < 1.29 is 27.9 Å². The van der Waals surface area contributed by atoms with Gasteiger partial charge in [0, 0.05) is 25.5 Å². The average molecular weight is 382 g/mol. The molecule has 1 aromatic carbocycles. The van der Waals surface area contributed by atoms with Crippen molar-refractivity contribution in [2.75, 3.05) is 18.4 Å². The number of carboxylic acids is 1. The van der Waals surface area contributed by atoms with Gasteiger partial charge in [0.05, 0.1) is 22.9 Å². The second-order valence-electron chi connectivity index (χ2n) is 6.23. The van der Waals surface area contributed by atoms with Gasteiger partial charge in [0.1, 0.15) is 0 Å². The van der Waals surface area contributed by atoms with Crippen LogP contribution in [0.3, 0.4) is 0 Å². The number of piperidine rings is 1. The molecule has 0 aliphatic carbocycles. The third-order valence-electron chi connectivity index (χ3n) is 4.37. The number of aliphatic carboxylic acids is 1. The monoisotopic (exact) mass is 382 g/mol. The zero-order chi connectivity index (χ0) is 19.6. The highest BCUT2D eigenvalue weighted by molar-refractivity contribution is 5.92. The van der Waals surface area contributed by atoms with Gasteiger partial charge >= 0.3 is 18.2 Å². The van der Waals surface area contributed by atoms with E-state index >= 15 is 0 Å². The molecule has 10 heteroatoms. The van der Waals surface area contributed by atoms with Crippen LogP contribution in [-0.2, 0) is 11.0 Å². The van der Waals surface area contributed by atoms with Crippen LogP contribution in [0.15, 0.2) is 36.7 Å². The molecular weight excluding hydrogens is 365 g/mol. The quantitative estimate of drug-likeness (QED) is 0.853. The molecule has 2 heterocycles. The summed E-state index contributed by atoms with van der Waals surface area (Å²) in [6.07, 6.45) is -0.590. The molecule has 0 saturated carbocycles. The van der Waals surface area contributed by atoms with E-state index in [0.717, 1.165) is 12.1 Å². The number of likely N-dealkylation sites (tertiary alicyclic amines) is 1. The van der Waals surface area contributed by atoms with E-state index in [4.69, 9.17) is 5.11 Å². The van der Waals surface area contributed by atoms with Crippen LogP contribution in [0, 0.1) is 5.92 Å². The SMILES string of the molecule is O=C(O)C1CCCN(C(=O)Nc2cc(C(F)(F)F)ccc2-n2cccn2)C1. The Kier molecular flexibility index (Phi) is 5.06. The van der Waals surface area contributed by atoms with Gasteiger partial charge in [-0.1, -0.05) is 0 Å². The Labute approximate surface area is 152 Å². The predicted octanol–water partition coefficient (Wildman–Crippen LogP) is 3.22. The van der Waals surface area contributed by atoms with Crippen LogP contribution in [0.5, 0.6) is 0 Å². The number of anilines is 1. The maximum Gasteiger partial charge on any atom is 0.416 e. The minimum atomic E-state index is -4.57. The normalized spacial score (nSPS) is 17.6. The summed E-state index contributed by atoms with van der Waals surface area (Å²) in [4.78, 5) is 25.0. The van der Waals surface area contributed by atoms with Gasteiger partial charge in [-0.05, 0) is 37.1 Å². The molecule has 27 heavy (non-hydrogen) atoms. The Balaban J connectivity index is 1.88. The lowest BCUT2D eigenvalue weighted by atomic mass is 9.99. The molecule has 2 N–H and O–H groups in total. The van der Waals surface area contributed by atoms with Gasteiger partial charge in [0.15, 0.2) is 0 Å². The number of benzene rings is 1. The molecule has 1 unspecified atom stereocenters. The van der Waals surface area contributed by atoms with E-state index in [1.54, 1.807) is 12.3 Å². The van der Waals surface area contributed by atoms with Gasteiger partial charge in [-0.3, -0.25) is 4.79 Å². The summed E-state index contributed by atoms with van der Waals surface area (Å²) in [5.74, 6) is -1.68. The van der Waals surface area contributed by atoms with E-state index in [1.165, 1.54) is 21.8 Å². The molecule has 2 aromatic rings. The van der Waals surface area contributed by atoms with Crippen molar-refractivity contribution >= 4 is 17.7 Å². The van der Waals surface area contributed by atoms with Crippen molar-refractivity contribution in [3.05, 3.63) is 42.2 Å². The number of amides is 2. The van der Waals surface area contributed by atoms with Gasteiger partial charge in [-0.25, -0.2) is 9.48 Å². The molecule has 1 aliphatic heterocycles. The number of rotatable bonds is 3. The van der Waals surface area contributed by atoms with Crippen molar-refractivity contribution in [2.45, 2.75) is 19.0 Å². The number of nitrogens with one attached hydrogen (secondary N) is 1. The predicted molar refractivity (Wildman–Crippen MR) is 89.5 cm³/mol. The highest BCUT2D eigenvalue weighted by Crippen LogP contribution is 2.33. The molecule has 3 rings (SSSR count). The van der Waals surface area contributed by atoms with E-state index in [1.807, 2.05) is 0 Å². The van der Waals surface area contributed by atoms with Crippen LogP contribution < -0.4 is 5.32 Å². The largest absolute Gasteiger partial charge is 0.481 e. The molecule has 7 nitrogen and oxygen atoms in total. The minimum absolute atomic E-state index is 0.0111. The number of halogens is 3. The molecule has 0 spiro atoms. The standard InChI is InChI=1S/C17H17F3N4O3/c18-17(19,20)12-4-5-14(24-8-2-6-21-24)13(9-12)22-16(27)23-7-1-3-11(10-23)15(25)26/h2,4-6,8-9,11H,1,3,7,10H2,(H,22,27)(H,25,26). The second kappa shape index (κ2) is 7.29. The summed E-state index contributed by atoms with van der Waals surface area (Å²) >= 11 is 0. The van der Waals surface area contributed by atoms with Crippen molar-refractivity contribution in [1.29, 1.82) is 0 Å². The van der Waals surface area contributed by atoms with E-state index in [2.05, 4.69) is 10.4 Å². The third-order valence-corrected chi connectivity index (χ3v) is 4.37. The summed E-state index contributed by atoms with van der Waals surface area (Å²) in [7, 11) is 0. The van der Waals surface area contributed by atoms with E-state index in [9.17, 15) is 22.8 Å². The van der Waals surface area contributed by atoms with E-state index in [0.29, 0.717) is 19.4 Å². The lowest BCUT2D eigenvalue weighted by Gasteiger charge is -2.31. The maximum absolute atomic E-state index is 13.1. The Morgan fingerprint density at radius 3 is 2.70 bits per heavy atom. The van der Waals surface area contributed by atoms with Crippen molar-refractivity contribution in [1.82, 2.24) is 14.7 Å². The van der Waals surface area contributed by atoms with Crippen LogP contribution in [0.1, 0.15) is 18.4 Å². The number of aromatic nitrogens is 2. The molecule has 1 aliphatic rings. The van der Waals surface area contributed by atoms with Crippen LogP contribution in [0.25, 0.3) is 5.69 Å². The fraction of sp³-hybridized carbons (Fsp3) is 0.353. The molecule has 144 valence electrons. The second-order valence-corrected chi connectivity index (χ2v) is 6.23. The van der Waals surface area contributed by atoms with E-state index < -0.39 is 29.7 Å². The Bertz CT molecular complexity index is 836. The first kappa shape index (κ1) is 18.7. The van der Waals surface area contributed by atoms with Crippen LogP contribution in [0.2, 0.25) is 0 Å². The van der Waals surface area contributed by atoms with Crippen molar-refractivity contribution in [3.8, 4) is 5.69 Å². The first-order chi connectivity index (χ1) is 12.8. The molecule has 0 radical (unpaired) electrons. The number of nitrogens with zero attached hydrogens (tertiary/aromatic N) is 3. The Morgan fingerprint density at radius 1 is 1.30 bits per heavy atom. The molecule has 1 atom stereocenters. The smallest absolute Gasteiger partial charge is 0.416 e. The molecule has 1 aromatic heterocycles. The van der Waals surface area contributed by atoms with Gasteiger partial charge in [0.25, 0.3) is 0 Å². The highest BCUT2D eigenvalue weighted by Gasteiger charge is 2.32. The zero-order valence-electron chi connectivity index (χ0n) is 14.1. The fourth-order valence-electron chi connectivity index (χ4n) is 2.98. The van der Waals surface area contributed by atoms with E-state index in [-0.39, 0.29) is 17.9 Å². The highest BCUT2D eigenvalue weighted by atomic mass is 19.4. The molecule has 1 saturated heterocycles. The van der Waals surface area contributed by atoms with Gasteiger partial charge in [-0.2, -0.15) is 18.3 Å². The number of carbonyl (C=O) groups excluding carboxylic acids is 1. The lowest BCUT2D eigenvalue weighted by molar-refractivity contribution is -0.143. The molecule has 2 amide bonds. The average Bonchev–Trinajstić information content (AvgIpc) is 3.15. The summed E-state index contributed by atoms with van der Waals surface area (Å²) in [5.41, 5.74) is -0.695. The summed E-state index contributed by atoms with van der Waals surface area (Å²) in [5, 5.41) is 15.6. The fourth-order valence-corrected chi connectivity index (χ4v) is 2.98. The summed E-state index contributed by atoms with van der Waals surface area (Å²) < 4.78 is 40.5. The minimum Gasteiger partial charge on any atom is -0.481 e. The zero-order valence-corrected chi connectivity index (χ0v) is 14.1. The van der Waals surface area contributed by atoms with Gasteiger partial charge in [-0.15, -0.1) is 0 Å². The molecule has 1 fully saturated rings. The first-order valence-corrected chi connectivity index (χ1v) is 8.25. The number of carboxylic acid groups (broad SMARTS) is 1. The van der Waals surface area contributed by atoms with Crippen LogP contribution in [0.4, 0.5) is 23.7 Å². The number of hydrogen-bond acceptors (Lipinski definition) is 3. The maximum atomic E-state index is 13.1. The first-order valence-electron chi connectivity index (χ1n) is 8.25. The Hall–Kier alpha value is -3.04. The Morgan fingerprint density at radius 2 is 2.07 bits per heavy atom. The van der Waals surface area contributed by atoms with Crippen molar-refractivity contribution in [3.63, 3.8) is 0 Å². The number of urea groups is 1. The number of alkyl halides is 3. The summed E-state index contributed by atoms with van der Waals surface area (Å²) in [6.45, 7) is 0.350. The lowest BCUT2D eigenvalue weighted by Crippen LogP contribution is -2.44. The van der Waals surface area contributed by atoms with Crippen LogP contribution in [-0.4, -0.2) is 44.9 Å². The van der Waals surface area contributed by atoms with Crippen molar-refractivity contribution in [2.24, 2.45) is 5.92 Å². The molecular formula is C17H17F3N4O3. The number of carbonyl (C=O) groups is 2. The molecule has 0 bridgehead atoms. The van der Waals surface area contributed by atoms with Crippen LogP contribution >= 0.6 is 0 Å². The number of hydrogen-bond donors (Lipinski definition) is 2. The third kappa shape index (κ3) is 4.21. The summed E-state index contributed by atoms with van der Waals surface area (Å²) in [6, 6.07) is 3.93. The van der Waals surface area contributed by atoms with Gasteiger partial charge in [0.2, 0.25) is 0 Å².